The average molecular weight is 354 g/mol. The minimum absolute atomic E-state index is 0.100. The molecular formula is C22H23FOS. The summed E-state index contributed by atoms with van der Waals surface area (Å²) in [6, 6.07) is 23.0. The summed E-state index contributed by atoms with van der Waals surface area (Å²) in [5, 5.41) is 9.09. The lowest BCUT2D eigenvalue weighted by atomic mass is 10.2. The number of aryl methyl sites for hydroxylation is 2. The van der Waals surface area contributed by atoms with Gasteiger partial charge in [-0.05, 0) is 72.6 Å². The molecule has 0 aromatic heterocycles. The third-order valence-electron chi connectivity index (χ3n) is 4.34. The average Bonchev–Trinajstić information content (AvgIpc) is 2.63. The molecule has 0 amide bonds. The molecule has 1 nitrogen and oxygen atoms in total. The summed E-state index contributed by atoms with van der Waals surface area (Å²) in [5.74, 6) is 0. The summed E-state index contributed by atoms with van der Waals surface area (Å²) in [6.45, 7) is 4.12. The molecule has 0 unspecified atom stereocenters. The van der Waals surface area contributed by atoms with E-state index in [9.17, 15) is 0 Å². The zero-order chi connectivity index (χ0) is 17.9. The molecular weight excluding hydrogens is 331 g/mol. The van der Waals surface area contributed by atoms with Crippen LogP contribution in [0.5, 0.6) is 0 Å². The second-order valence-corrected chi connectivity index (χ2v) is 8.77. The maximum atomic E-state index is 16.6. The summed E-state index contributed by atoms with van der Waals surface area (Å²) in [5.41, 5.74) is 3.25. The van der Waals surface area contributed by atoms with Gasteiger partial charge in [0.15, 0.2) is 0 Å². The maximum Gasteiger partial charge on any atom is 0.0471 e. The molecule has 0 saturated heterocycles. The Labute approximate surface area is 150 Å². The van der Waals surface area contributed by atoms with Gasteiger partial charge in [-0.3, -0.25) is 0 Å². The molecule has 25 heavy (non-hydrogen) atoms. The van der Waals surface area contributed by atoms with Crippen molar-refractivity contribution in [2.45, 2.75) is 35.0 Å². The maximum absolute atomic E-state index is 16.6. The van der Waals surface area contributed by atoms with Gasteiger partial charge in [0.2, 0.25) is 0 Å². The van der Waals surface area contributed by atoms with Crippen molar-refractivity contribution >= 4 is 10.4 Å². The fourth-order valence-corrected chi connectivity index (χ4v) is 5.18. The highest BCUT2D eigenvalue weighted by molar-refractivity contribution is 8.29. The van der Waals surface area contributed by atoms with Crippen LogP contribution in [0.1, 0.15) is 16.7 Å². The third-order valence-corrected chi connectivity index (χ3v) is 7.11. The van der Waals surface area contributed by atoms with Crippen LogP contribution in [0, 0.1) is 13.8 Å². The van der Waals surface area contributed by atoms with Crippen LogP contribution in [0.25, 0.3) is 0 Å². The first-order valence-corrected chi connectivity index (χ1v) is 9.93. The topological polar surface area (TPSA) is 20.2 Å². The van der Waals surface area contributed by atoms with E-state index in [0.717, 1.165) is 16.7 Å². The van der Waals surface area contributed by atoms with Crippen LogP contribution in [-0.2, 0) is 6.42 Å². The van der Waals surface area contributed by atoms with E-state index >= 15 is 3.89 Å². The minimum Gasteiger partial charge on any atom is -0.396 e. The second-order valence-electron chi connectivity index (χ2n) is 6.28. The highest BCUT2D eigenvalue weighted by Gasteiger charge is 2.30. The Morgan fingerprint density at radius 2 is 1.04 bits per heavy atom. The first-order chi connectivity index (χ1) is 12.0. The number of hydrogen-bond acceptors (Lipinski definition) is 1. The van der Waals surface area contributed by atoms with E-state index in [4.69, 9.17) is 5.11 Å². The Bertz CT molecular complexity index is 778. The number of hydrogen-bond donors (Lipinski definition) is 1. The molecule has 0 saturated carbocycles. The van der Waals surface area contributed by atoms with Crippen molar-refractivity contribution in [3.63, 3.8) is 0 Å². The highest BCUT2D eigenvalue weighted by atomic mass is 32.3. The summed E-state index contributed by atoms with van der Waals surface area (Å²) in [6.07, 6.45) is 0.587. The van der Waals surface area contributed by atoms with Crippen molar-refractivity contribution in [2.75, 3.05) is 6.61 Å². The fourth-order valence-electron chi connectivity index (χ4n) is 2.83. The molecule has 0 aliphatic carbocycles. The van der Waals surface area contributed by atoms with Gasteiger partial charge in [-0.25, -0.2) is 0 Å². The van der Waals surface area contributed by atoms with E-state index in [1.807, 2.05) is 86.6 Å². The predicted molar refractivity (Wildman–Crippen MR) is 103 cm³/mol. The molecule has 130 valence electrons. The van der Waals surface area contributed by atoms with Gasteiger partial charge in [-0.1, -0.05) is 47.5 Å². The Hall–Kier alpha value is -2.10. The first kappa shape index (κ1) is 17.7. The SMILES string of the molecule is Cc1ccc(S(F)(c2ccc(C)cc2)c2ccc(CCO)cc2)cc1. The summed E-state index contributed by atoms with van der Waals surface area (Å²) in [7, 11) is -2.80. The Morgan fingerprint density at radius 3 is 1.40 bits per heavy atom. The molecule has 0 aliphatic rings. The number of aliphatic hydroxyl groups is 1. The van der Waals surface area contributed by atoms with E-state index in [0.29, 0.717) is 21.1 Å². The van der Waals surface area contributed by atoms with Crippen LogP contribution in [0.2, 0.25) is 0 Å². The molecule has 3 aromatic rings. The number of halogens is 1. The van der Waals surface area contributed by atoms with Gasteiger partial charge in [0.25, 0.3) is 0 Å². The van der Waals surface area contributed by atoms with Crippen molar-refractivity contribution in [3.8, 4) is 0 Å². The van der Waals surface area contributed by atoms with E-state index in [-0.39, 0.29) is 6.61 Å². The molecule has 0 spiro atoms. The largest absolute Gasteiger partial charge is 0.396 e. The van der Waals surface area contributed by atoms with Crippen LogP contribution < -0.4 is 0 Å². The van der Waals surface area contributed by atoms with Crippen LogP contribution in [0.4, 0.5) is 3.89 Å². The lowest BCUT2D eigenvalue weighted by Gasteiger charge is -2.32. The first-order valence-electron chi connectivity index (χ1n) is 8.40. The van der Waals surface area contributed by atoms with E-state index in [1.165, 1.54) is 0 Å². The van der Waals surface area contributed by atoms with Crippen molar-refractivity contribution in [3.05, 3.63) is 89.5 Å². The zero-order valence-corrected chi connectivity index (χ0v) is 15.4. The van der Waals surface area contributed by atoms with Gasteiger partial charge < -0.3 is 5.11 Å². The van der Waals surface area contributed by atoms with Crippen LogP contribution in [0.15, 0.2) is 87.5 Å². The van der Waals surface area contributed by atoms with Crippen molar-refractivity contribution in [1.82, 2.24) is 0 Å². The molecule has 0 atom stereocenters. The summed E-state index contributed by atoms with van der Waals surface area (Å²) < 4.78 is 16.6. The van der Waals surface area contributed by atoms with Crippen LogP contribution in [0.3, 0.4) is 0 Å². The second kappa shape index (κ2) is 7.42. The number of aliphatic hydroxyl groups excluding tert-OH is 1. The molecule has 0 heterocycles. The van der Waals surface area contributed by atoms with Crippen molar-refractivity contribution < 1.29 is 8.99 Å². The summed E-state index contributed by atoms with van der Waals surface area (Å²) >= 11 is 0. The van der Waals surface area contributed by atoms with Gasteiger partial charge in [0.05, 0.1) is 0 Å². The van der Waals surface area contributed by atoms with Gasteiger partial charge in [0.1, 0.15) is 0 Å². The standard InChI is InChI=1S/C22H23FOS/c1-17-3-9-20(10-4-17)25(23,21-11-5-18(2)6-12-21)22-13-7-19(8-14-22)15-16-24/h3-14,24H,15-16H2,1-2H3. The Morgan fingerprint density at radius 1 is 0.680 bits per heavy atom. The quantitative estimate of drug-likeness (QED) is 0.595. The van der Waals surface area contributed by atoms with Crippen LogP contribution >= 0.6 is 10.4 Å². The van der Waals surface area contributed by atoms with Gasteiger partial charge in [-0.15, -0.1) is 0 Å². The smallest absolute Gasteiger partial charge is 0.0471 e. The number of benzene rings is 3. The van der Waals surface area contributed by atoms with Gasteiger partial charge >= 0.3 is 0 Å². The van der Waals surface area contributed by atoms with Gasteiger partial charge in [0, 0.05) is 21.3 Å². The Kier molecular flexibility index (Phi) is 5.26. The van der Waals surface area contributed by atoms with E-state index < -0.39 is 10.4 Å². The van der Waals surface area contributed by atoms with E-state index in [1.54, 1.807) is 0 Å². The lowest BCUT2D eigenvalue weighted by molar-refractivity contribution is 0.299. The number of rotatable bonds is 5. The molecule has 3 aromatic carbocycles. The molecule has 0 bridgehead atoms. The molecule has 0 fully saturated rings. The summed E-state index contributed by atoms with van der Waals surface area (Å²) in [4.78, 5) is 2.09. The predicted octanol–water partition coefficient (Wildman–Crippen LogP) is 6.00. The minimum atomic E-state index is -2.80. The monoisotopic (exact) mass is 354 g/mol. The Balaban J connectivity index is 2.14. The zero-order valence-electron chi connectivity index (χ0n) is 14.6. The van der Waals surface area contributed by atoms with Crippen molar-refractivity contribution in [1.29, 1.82) is 0 Å². The molecule has 3 rings (SSSR count). The van der Waals surface area contributed by atoms with Crippen LogP contribution in [-0.4, -0.2) is 11.7 Å². The lowest BCUT2D eigenvalue weighted by Crippen LogP contribution is -1.99. The molecule has 1 N–H and O–H groups in total. The molecule has 0 aliphatic heterocycles. The van der Waals surface area contributed by atoms with Crippen molar-refractivity contribution in [2.24, 2.45) is 0 Å². The highest BCUT2D eigenvalue weighted by Crippen LogP contribution is 2.69. The normalized spacial score (nSPS) is 12.2. The van der Waals surface area contributed by atoms with Gasteiger partial charge in [-0.2, -0.15) is 3.89 Å². The molecule has 0 radical (unpaired) electrons. The third kappa shape index (κ3) is 3.63. The fraction of sp³-hybridized carbons (Fsp3) is 0.182. The van der Waals surface area contributed by atoms with E-state index in [2.05, 4.69) is 0 Å². The molecule has 3 heteroatoms.